The number of carbonyl (C=O) groups excluding carboxylic acids is 1. The van der Waals surface area contributed by atoms with E-state index in [1.807, 2.05) is 51.3 Å². The Kier molecular flexibility index (Phi) is 5.08. The van der Waals surface area contributed by atoms with Crippen molar-refractivity contribution < 1.29 is 9.53 Å². The summed E-state index contributed by atoms with van der Waals surface area (Å²) in [7, 11) is 1.74. The van der Waals surface area contributed by atoms with Gasteiger partial charge in [0, 0.05) is 12.8 Å². The molecule has 3 nitrogen and oxygen atoms in total. The van der Waals surface area contributed by atoms with Crippen molar-refractivity contribution in [3.63, 3.8) is 0 Å². The summed E-state index contributed by atoms with van der Waals surface area (Å²) < 4.78 is 5.37. The van der Waals surface area contributed by atoms with Crippen molar-refractivity contribution in [2.75, 3.05) is 18.2 Å². The van der Waals surface area contributed by atoms with Gasteiger partial charge in [0.05, 0.1) is 5.69 Å². The lowest BCUT2D eigenvalue weighted by atomic mass is 10.2. The Labute approximate surface area is 114 Å². The smallest absolute Gasteiger partial charge is 0.414 e. The van der Waals surface area contributed by atoms with Crippen LogP contribution < -0.4 is 4.90 Å². The molecule has 0 aliphatic heterocycles. The van der Waals surface area contributed by atoms with Crippen LogP contribution in [0.25, 0.3) is 0 Å². The van der Waals surface area contributed by atoms with Crippen LogP contribution in [-0.2, 0) is 10.5 Å². The summed E-state index contributed by atoms with van der Waals surface area (Å²) >= 11 is 1.73. The van der Waals surface area contributed by atoms with Crippen molar-refractivity contribution in [1.82, 2.24) is 0 Å². The first kappa shape index (κ1) is 14.9. The first-order chi connectivity index (χ1) is 8.35. The lowest BCUT2D eigenvalue weighted by Crippen LogP contribution is -2.34. The van der Waals surface area contributed by atoms with E-state index in [-0.39, 0.29) is 6.09 Å². The SMILES string of the molecule is CSCc1ccccc1N(C)C(=O)OC(C)(C)C. The van der Waals surface area contributed by atoms with Crippen LogP contribution in [0, 0.1) is 0 Å². The van der Waals surface area contributed by atoms with Gasteiger partial charge in [-0.2, -0.15) is 11.8 Å². The third-order valence-electron chi connectivity index (χ3n) is 2.32. The van der Waals surface area contributed by atoms with Crippen LogP contribution in [0.1, 0.15) is 26.3 Å². The highest BCUT2D eigenvalue weighted by atomic mass is 32.2. The molecule has 0 spiro atoms. The minimum Gasteiger partial charge on any atom is -0.443 e. The Morgan fingerprint density at radius 1 is 1.33 bits per heavy atom. The second-order valence-corrected chi connectivity index (χ2v) is 5.97. The molecule has 1 aromatic carbocycles. The van der Waals surface area contributed by atoms with Gasteiger partial charge in [-0.1, -0.05) is 18.2 Å². The summed E-state index contributed by atoms with van der Waals surface area (Å²) in [6.07, 6.45) is 1.72. The molecular weight excluding hydrogens is 246 g/mol. The van der Waals surface area contributed by atoms with Crippen molar-refractivity contribution in [3.8, 4) is 0 Å². The summed E-state index contributed by atoms with van der Waals surface area (Å²) in [6.45, 7) is 5.60. The number of benzene rings is 1. The molecule has 1 rings (SSSR count). The Hall–Kier alpha value is -1.16. The highest BCUT2D eigenvalue weighted by Gasteiger charge is 2.21. The normalized spacial score (nSPS) is 11.2. The topological polar surface area (TPSA) is 29.5 Å². The van der Waals surface area contributed by atoms with Gasteiger partial charge in [-0.3, -0.25) is 4.90 Å². The molecule has 0 unspecified atom stereocenters. The van der Waals surface area contributed by atoms with Crippen molar-refractivity contribution in [2.45, 2.75) is 32.1 Å². The third-order valence-corrected chi connectivity index (χ3v) is 2.92. The summed E-state index contributed by atoms with van der Waals surface area (Å²) in [4.78, 5) is 13.6. The van der Waals surface area contributed by atoms with Crippen LogP contribution in [0.2, 0.25) is 0 Å². The number of anilines is 1. The van der Waals surface area contributed by atoms with Crippen LogP contribution in [0.4, 0.5) is 10.5 Å². The van der Waals surface area contributed by atoms with E-state index < -0.39 is 5.60 Å². The Morgan fingerprint density at radius 3 is 2.50 bits per heavy atom. The summed E-state index contributed by atoms with van der Waals surface area (Å²) in [5.74, 6) is 0.878. The number of thioether (sulfide) groups is 1. The van der Waals surface area contributed by atoms with Crippen LogP contribution in [0.5, 0.6) is 0 Å². The van der Waals surface area contributed by atoms with Gasteiger partial charge in [0.1, 0.15) is 5.60 Å². The Morgan fingerprint density at radius 2 is 1.94 bits per heavy atom. The number of nitrogens with zero attached hydrogens (tertiary/aromatic N) is 1. The van der Waals surface area contributed by atoms with E-state index in [1.54, 1.807) is 23.7 Å². The summed E-state index contributed by atoms with van der Waals surface area (Å²) in [6, 6.07) is 7.89. The highest BCUT2D eigenvalue weighted by molar-refractivity contribution is 7.97. The number of amides is 1. The number of hydrogen-bond donors (Lipinski definition) is 0. The number of rotatable bonds is 3. The highest BCUT2D eigenvalue weighted by Crippen LogP contribution is 2.24. The Bertz CT molecular complexity index is 413. The zero-order chi connectivity index (χ0) is 13.8. The fourth-order valence-electron chi connectivity index (χ4n) is 1.54. The molecule has 0 saturated carbocycles. The van der Waals surface area contributed by atoms with Crippen LogP contribution in [0.15, 0.2) is 24.3 Å². The molecule has 0 bridgehead atoms. The molecule has 0 atom stereocenters. The first-order valence-corrected chi connectivity index (χ1v) is 7.28. The van der Waals surface area contributed by atoms with E-state index >= 15 is 0 Å². The predicted molar refractivity (Wildman–Crippen MR) is 78.3 cm³/mol. The van der Waals surface area contributed by atoms with E-state index in [0.717, 1.165) is 17.0 Å². The van der Waals surface area contributed by atoms with Gasteiger partial charge in [0.25, 0.3) is 0 Å². The van der Waals surface area contributed by atoms with Gasteiger partial charge >= 0.3 is 6.09 Å². The quantitative estimate of drug-likeness (QED) is 0.831. The molecule has 0 saturated heterocycles. The first-order valence-electron chi connectivity index (χ1n) is 5.88. The number of hydrogen-bond acceptors (Lipinski definition) is 3. The minimum atomic E-state index is -0.472. The lowest BCUT2D eigenvalue weighted by Gasteiger charge is -2.26. The molecule has 0 fully saturated rings. The molecule has 0 radical (unpaired) electrons. The van der Waals surface area contributed by atoms with Gasteiger partial charge in [-0.15, -0.1) is 0 Å². The molecule has 0 aromatic heterocycles. The average Bonchev–Trinajstić information content (AvgIpc) is 2.27. The standard InChI is InChI=1S/C14H21NO2S/c1-14(2,3)17-13(16)15(4)12-9-7-6-8-11(12)10-18-5/h6-9H,10H2,1-5H3. The van der Waals surface area contributed by atoms with E-state index in [2.05, 4.69) is 0 Å². The number of ether oxygens (including phenoxy) is 1. The van der Waals surface area contributed by atoms with Crippen molar-refractivity contribution in [3.05, 3.63) is 29.8 Å². The molecule has 1 amide bonds. The van der Waals surface area contributed by atoms with Crippen LogP contribution in [0.3, 0.4) is 0 Å². The number of carbonyl (C=O) groups is 1. The fourth-order valence-corrected chi connectivity index (χ4v) is 2.10. The number of para-hydroxylation sites is 1. The molecule has 0 heterocycles. The zero-order valence-corrected chi connectivity index (χ0v) is 12.5. The van der Waals surface area contributed by atoms with Gasteiger partial charge in [-0.25, -0.2) is 4.79 Å². The van der Waals surface area contributed by atoms with Crippen molar-refractivity contribution in [1.29, 1.82) is 0 Å². The monoisotopic (exact) mass is 267 g/mol. The van der Waals surface area contributed by atoms with Gasteiger partial charge in [0.2, 0.25) is 0 Å². The zero-order valence-electron chi connectivity index (χ0n) is 11.7. The fraction of sp³-hybridized carbons (Fsp3) is 0.500. The van der Waals surface area contributed by atoms with E-state index in [0.29, 0.717) is 0 Å². The molecule has 4 heteroatoms. The summed E-state index contributed by atoms with van der Waals surface area (Å²) in [5.41, 5.74) is 1.57. The molecule has 0 aliphatic rings. The van der Waals surface area contributed by atoms with Gasteiger partial charge in [0.15, 0.2) is 0 Å². The van der Waals surface area contributed by atoms with Crippen LogP contribution >= 0.6 is 11.8 Å². The molecule has 1 aromatic rings. The maximum atomic E-state index is 12.0. The predicted octanol–water partition coefficient (Wildman–Crippen LogP) is 3.92. The summed E-state index contributed by atoms with van der Waals surface area (Å²) in [5, 5.41) is 0. The maximum Gasteiger partial charge on any atom is 0.414 e. The minimum absolute atomic E-state index is 0.323. The van der Waals surface area contributed by atoms with Gasteiger partial charge < -0.3 is 4.74 Å². The second-order valence-electron chi connectivity index (χ2n) is 5.10. The van der Waals surface area contributed by atoms with E-state index in [4.69, 9.17) is 4.74 Å². The Balaban J connectivity index is 2.89. The average molecular weight is 267 g/mol. The third kappa shape index (κ3) is 4.26. The van der Waals surface area contributed by atoms with Crippen molar-refractivity contribution in [2.24, 2.45) is 0 Å². The molecule has 0 N–H and O–H groups in total. The van der Waals surface area contributed by atoms with E-state index in [9.17, 15) is 4.79 Å². The molecule has 0 aliphatic carbocycles. The van der Waals surface area contributed by atoms with Crippen molar-refractivity contribution >= 4 is 23.5 Å². The molecular formula is C14H21NO2S. The molecule has 100 valence electrons. The maximum absolute atomic E-state index is 12.0. The second kappa shape index (κ2) is 6.14. The van der Waals surface area contributed by atoms with E-state index in [1.165, 1.54) is 0 Å². The largest absolute Gasteiger partial charge is 0.443 e. The molecule has 18 heavy (non-hydrogen) atoms. The van der Waals surface area contributed by atoms with Gasteiger partial charge in [-0.05, 0) is 38.7 Å². The van der Waals surface area contributed by atoms with Crippen LogP contribution in [-0.4, -0.2) is 25.0 Å². The lowest BCUT2D eigenvalue weighted by molar-refractivity contribution is 0.0589.